The Balaban J connectivity index is 1.89. The van der Waals surface area contributed by atoms with Gasteiger partial charge in [0.2, 0.25) is 10.0 Å². The van der Waals surface area contributed by atoms with E-state index >= 15 is 0 Å². The highest BCUT2D eigenvalue weighted by molar-refractivity contribution is 7.88. The Hall–Kier alpha value is -1.74. The van der Waals surface area contributed by atoms with Crippen LogP contribution in [-0.2, 0) is 10.0 Å². The maximum absolute atomic E-state index is 11.7. The van der Waals surface area contributed by atoms with E-state index in [-0.39, 0.29) is 6.04 Å². The van der Waals surface area contributed by atoms with Gasteiger partial charge in [0, 0.05) is 25.7 Å². The number of aromatic amines is 1. The molecule has 0 bridgehead atoms. The fraction of sp³-hybridized carbons (Fsp3) is 0.545. The summed E-state index contributed by atoms with van der Waals surface area (Å²) in [5, 5.41) is 0. The Morgan fingerprint density at radius 2 is 2.10 bits per heavy atom. The molecule has 0 saturated carbocycles. The van der Waals surface area contributed by atoms with Crippen LogP contribution >= 0.6 is 0 Å². The van der Waals surface area contributed by atoms with Gasteiger partial charge in [-0.1, -0.05) is 0 Å². The summed E-state index contributed by atoms with van der Waals surface area (Å²) < 4.78 is 24.9. The van der Waals surface area contributed by atoms with Gasteiger partial charge in [-0.2, -0.15) is 4.31 Å². The van der Waals surface area contributed by atoms with Crippen LogP contribution in [0.25, 0.3) is 11.2 Å². The predicted molar refractivity (Wildman–Crippen MR) is 74.9 cm³/mol. The number of anilines is 1. The molecule has 9 heteroatoms. The molecule has 1 aliphatic heterocycles. The lowest BCUT2D eigenvalue weighted by Gasteiger charge is -2.38. The molecule has 0 spiro atoms. The van der Waals surface area contributed by atoms with Crippen LogP contribution in [0.1, 0.15) is 6.92 Å². The summed E-state index contributed by atoms with van der Waals surface area (Å²) in [5.41, 5.74) is 1.40. The largest absolute Gasteiger partial charge is 0.352 e. The third kappa shape index (κ3) is 2.22. The molecular weight excluding hydrogens is 280 g/mol. The van der Waals surface area contributed by atoms with Crippen molar-refractivity contribution in [1.82, 2.24) is 24.2 Å². The molecule has 1 fully saturated rings. The molecule has 2 aromatic rings. The van der Waals surface area contributed by atoms with Crippen molar-refractivity contribution < 1.29 is 8.42 Å². The first-order valence-corrected chi connectivity index (χ1v) is 8.17. The maximum atomic E-state index is 11.7. The van der Waals surface area contributed by atoms with Crippen LogP contribution in [0.15, 0.2) is 12.7 Å². The molecule has 0 unspecified atom stereocenters. The van der Waals surface area contributed by atoms with Crippen molar-refractivity contribution in [3.05, 3.63) is 12.7 Å². The summed E-state index contributed by atoms with van der Waals surface area (Å²) >= 11 is 0. The van der Waals surface area contributed by atoms with E-state index < -0.39 is 10.0 Å². The van der Waals surface area contributed by atoms with Gasteiger partial charge in [-0.05, 0) is 6.92 Å². The molecule has 1 atom stereocenters. The first kappa shape index (κ1) is 13.3. The number of hydrogen-bond acceptors (Lipinski definition) is 6. The molecule has 108 valence electrons. The standard InChI is InChI=1S/C11H16N6O2S/c1-8-5-16(3-4-17(8)20(2,18)19)11-9-10(13-6-12-9)14-7-15-11/h6-8H,3-5H2,1-2H3,(H,12,13,14,15)/t8-/m0/s1. The van der Waals surface area contributed by atoms with Gasteiger partial charge < -0.3 is 9.88 Å². The summed E-state index contributed by atoms with van der Waals surface area (Å²) in [7, 11) is -3.16. The van der Waals surface area contributed by atoms with E-state index in [1.807, 2.05) is 6.92 Å². The molecule has 3 heterocycles. The van der Waals surface area contributed by atoms with Crippen LogP contribution in [0.2, 0.25) is 0 Å². The zero-order valence-electron chi connectivity index (χ0n) is 11.3. The zero-order valence-corrected chi connectivity index (χ0v) is 12.1. The molecule has 1 aliphatic rings. The summed E-state index contributed by atoms with van der Waals surface area (Å²) in [6, 6.07) is -0.0910. The number of rotatable bonds is 2. The van der Waals surface area contributed by atoms with Gasteiger partial charge in [0.05, 0.1) is 12.6 Å². The number of fused-ring (bicyclic) bond motifs is 1. The maximum Gasteiger partial charge on any atom is 0.211 e. The van der Waals surface area contributed by atoms with Crippen LogP contribution in [-0.4, -0.2) is 64.6 Å². The third-order valence-corrected chi connectivity index (χ3v) is 4.89. The number of hydrogen-bond donors (Lipinski definition) is 1. The first-order chi connectivity index (χ1) is 9.47. The Bertz CT molecular complexity index is 727. The molecule has 0 aliphatic carbocycles. The lowest BCUT2D eigenvalue weighted by Crippen LogP contribution is -2.54. The van der Waals surface area contributed by atoms with Crippen molar-refractivity contribution in [3.63, 3.8) is 0 Å². The molecule has 1 N–H and O–H groups in total. The van der Waals surface area contributed by atoms with Gasteiger partial charge in [0.1, 0.15) is 11.8 Å². The molecule has 1 saturated heterocycles. The highest BCUT2D eigenvalue weighted by Crippen LogP contribution is 2.23. The number of piperazine rings is 1. The quantitative estimate of drug-likeness (QED) is 0.826. The Kier molecular flexibility index (Phi) is 3.09. The van der Waals surface area contributed by atoms with Crippen LogP contribution in [0.5, 0.6) is 0 Å². The Morgan fingerprint density at radius 3 is 2.80 bits per heavy atom. The van der Waals surface area contributed by atoms with E-state index in [9.17, 15) is 8.42 Å². The average molecular weight is 296 g/mol. The summed E-state index contributed by atoms with van der Waals surface area (Å²) in [5.74, 6) is 0.771. The van der Waals surface area contributed by atoms with Crippen LogP contribution in [0.3, 0.4) is 0 Å². The zero-order chi connectivity index (χ0) is 14.3. The SMILES string of the molecule is C[C@H]1CN(c2ncnc3nc[nH]c23)CCN1S(C)(=O)=O. The van der Waals surface area contributed by atoms with E-state index in [4.69, 9.17) is 0 Å². The number of nitrogens with one attached hydrogen (secondary N) is 1. The highest BCUT2D eigenvalue weighted by atomic mass is 32.2. The van der Waals surface area contributed by atoms with Crippen molar-refractivity contribution in [2.24, 2.45) is 0 Å². The molecule has 3 rings (SSSR count). The van der Waals surface area contributed by atoms with Gasteiger partial charge in [0.25, 0.3) is 0 Å². The summed E-state index contributed by atoms with van der Waals surface area (Å²) in [6.07, 6.45) is 4.31. The van der Waals surface area contributed by atoms with Crippen molar-refractivity contribution in [2.75, 3.05) is 30.8 Å². The monoisotopic (exact) mass is 296 g/mol. The Labute approximate surface area is 116 Å². The lowest BCUT2D eigenvalue weighted by molar-refractivity contribution is 0.308. The number of imidazole rings is 1. The molecule has 0 aromatic carbocycles. The van der Waals surface area contributed by atoms with Crippen LogP contribution in [0.4, 0.5) is 5.82 Å². The van der Waals surface area contributed by atoms with Gasteiger partial charge in [-0.25, -0.2) is 23.4 Å². The molecule has 20 heavy (non-hydrogen) atoms. The number of H-pyrrole nitrogens is 1. The van der Waals surface area contributed by atoms with E-state index in [0.717, 1.165) is 11.3 Å². The van der Waals surface area contributed by atoms with Gasteiger partial charge in [-0.15, -0.1) is 0 Å². The second-order valence-electron chi connectivity index (χ2n) is 4.97. The Morgan fingerprint density at radius 1 is 1.30 bits per heavy atom. The topological polar surface area (TPSA) is 95.1 Å². The first-order valence-electron chi connectivity index (χ1n) is 6.32. The van der Waals surface area contributed by atoms with E-state index in [1.54, 1.807) is 6.33 Å². The van der Waals surface area contributed by atoms with Gasteiger partial charge in [0.15, 0.2) is 11.5 Å². The molecule has 2 aromatic heterocycles. The van der Waals surface area contributed by atoms with E-state index in [2.05, 4.69) is 24.8 Å². The van der Waals surface area contributed by atoms with Gasteiger partial charge in [-0.3, -0.25) is 0 Å². The third-order valence-electron chi connectivity index (χ3n) is 3.50. The van der Waals surface area contributed by atoms with Crippen molar-refractivity contribution >= 4 is 27.0 Å². The predicted octanol–water partition coefficient (Wildman–Crippen LogP) is -0.177. The fourth-order valence-corrected chi connectivity index (χ4v) is 3.75. The normalized spacial score (nSPS) is 21.5. The summed E-state index contributed by atoms with van der Waals surface area (Å²) in [6.45, 7) is 3.55. The average Bonchev–Trinajstić information content (AvgIpc) is 2.85. The highest BCUT2D eigenvalue weighted by Gasteiger charge is 2.31. The van der Waals surface area contributed by atoms with Crippen molar-refractivity contribution in [2.45, 2.75) is 13.0 Å². The second kappa shape index (κ2) is 4.67. The molecule has 0 radical (unpaired) electrons. The van der Waals surface area contributed by atoms with Crippen LogP contribution < -0.4 is 4.90 Å². The smallest absolute Gasteiger partial charge is 0.211 e. The molecule has 0 amide bonds. The van der Waals surface area contributed by atoms with Gasteiger partial charge >= 0.3 is 0 Å². The van der Waals surface area contributed by atoms with Crippen LogP contribution in [0, 0.1) is 0 Å². The van der Waals surface area contributed by atoms with E-state index in [1.165, 1.54) is 16.9 Å². The minimum absolute atomic E-state index is 0.0910. The molecule has 8 nitrogen and oxygen atoms in total. The number of sulfonamides is 1. The van der Waals surface area contributed by atoms with Crippen molar-refractivity contribution in [1.29, 1.82) is 0 Å². The van der Waals surface area contributed by atoms with E-state index in [0.29, 0.717) is 25.3 Å². The fourth-order valence-electron chi connectivity index (χ4n) is 2.62. The molecular formula is C11H16N6O2S. The lowest BCUT2D eigenvalue weighted by atomic mass is 10.2. The second-order valence-corrected chi connectivity index (χ2v) is 6.90. The number of nitrogens with zero attached hydrogens (tertiary/aromatic N) is 5. The minimum atomic E-state index is -3.16. The minimum Gasteiger partial charge on any atom is -0.352 e. The van der Waals surface area contributed by atoms with Crippen molar-refractivity contribution in [3.8, 4) is 0 Å². The summed E-state index contributed by atoms with van der Waals surface area (Å²) in [4.78, 5) is 17.6. The number of aromatic nitrogens is 4.